The number of carbonyl (C=O) groups excluding carboxylic acids is 2. The lowest BCUT2D eigenvalue weighted by atomic mass is 10.1. The van der Waals surface area contributed by atoms with E-state index < -0.39 is 18.1 Å². The van der Waals surface area contributed by atoms with Crippen molar-refractivity contribution < 1.29 is 29.3 Å². The first-order valence-corrected chi connectivity index (χ1v) is 8.14. The van der Waals surface area contributed by atoms with Crippen LogP contribution in [0.25, 0.3) is 0 Å². The predicted molar refractivity (Wildman–Crippen MR) is 93.7 cm³/mol. The second kappa shape index (κ2) is 9.31. The molecule has 0 unspecified atom stereocenters. The molecule has 26 heavy (non-hydrogen) atoms. The number of ether oxygens (including phenoxy) is 2. The number of amides is 1. The molecule has 0 aliphatic rings. The largest absolute Gasteiger partial charge is 0.504 e. The summed E-state index contributed by atoms with van der Waals surface area (Å²) in [6.45, 7) is 1.90. The second-order valence-electron chi connectivity index (χ2n) is 5.54. The highest BCUT2D eigenvalue weighted by Gasteiger charge is 2.23. The lowest BCUT2D eigenvalue weighted by molar-refractivity contribution is -0.145. The Bertz CT molecular complexity index is 747. The molecular formula is C19H21NO6. The van der Waals surface area contributed by atoms with Gasteiger partial charge in [-0.3, -0.25) is 0 Å². The van der Waals surface area contributed by atoms with E-state index in [-0.39, 0.29) is 31.1 Å². The van der Waals surface area contributed by atoms with Gasteiger partial charge in [0.15, 0.2) is 11.5 Å². The van der Waals surface area contributed by atoms with E-state index in [0.29, 0.717) is 5.56 Å². The average Bonchev–Trinajstić information content (AvgIpc) is 2.63. The number of esters is 1. The van der Waals surface area contributed by atoms with Crippen molar-refractivity contribution >= 4 is 12.1 Å². The number of hydrogen-bond donors (Lipinski definition) is 3. The van der Waals surface area contributed by atoms with Gasteiger partial charge in [-0.2, -0.15) is 0 Å². The van der Waals surface area contributed by atoms with Crippen molar-refractivity contribution in [3.05, 3.63) is 59.7 Å². The lowest BCUT2D eigenvalue weighted by Gasteiger charge is -2.17. The highest BCUT2D eigenvalue weighted by atomic mass is 16.6. The molecule has 0 fully saturated rings. The molecule has 0 saturated carbocycles. The number of alkyl carbamates (subject to hydrolysis) is 1. The van der Waals surface area contributed by atoms with Gasteiger partial charge in [-0.25, -0.2) is 9.59 Å². The Balaban J connectivity index is 2.00. The third kappa shape index (κ3) is 5.70. The Hall–Kier alpha value is -3.22. The van der Waals surface area contributed by atoms with Gasteiger partial charge < -0.3 is 25.0 Å². The lowest BCUT2D eigenvalue weighted by Crippen LogP contribution is -2.43. The summed E-state index contributed by atoms with van der Waals surface area (Å²) in [7, 11) is 0. The number of carbonyl (C=O) groups is 2. The van der Waals surface area contributed by atoms with Crippen LogP contribution in [-0.2, 0) is 27.3 Å². The smallest absolute Gasteiger partial charge is 0.408 e. The number of phenols is 2. The first-order chi connectivity index (χ1) is 12.5. The van der Waals surface area contributed by atoms with E-state index in [9.17, 15) is 19.8 Å². The van der Waals surface area contributed by atoms with Gasteiger partial charge in [0.05, 0.1) is 6.61 Å². The predicted octanol–water partition coefficient (Wildman–Crippen LogP) is 2.50. The maximum atomic E-state index is 12.1. The molecule has 0 aromatic heterocycles. The van der Waals surface area contributed by atoms with E-state index in [2.05, 4.69) is 5.32 Å². The topological polar surface area (TPSA) is 105 Å². The number of hydrogen-bond acceptors (Lipinski definition) is 6. The molecule has 2 aromatic rings. The van der Waals surface area contributed by atoms with Crippen LogP contribution in [0, 0.1) is 0 Å². The number of nitrogens with one attached hydrogen (secondary N) is 1. The third-order valence-corrected chi connectivity index (χ3v) is 3.56. The molecule has 1 amide bonds. The number of benzene rings is 2. The standard InChI is InChI=1S/C19H21NO6/c1-2-25-18(23)15(10-14-8-9-16(21)17(22)11-14)20-19(24)26-12-13-6-4-3-5-7-13/h3-9,11,15,21-22H,2,10,12H2,1H3,(H,20,24)/t15-/m0/s1. The summed E-state index contributed by atoms with van der Waals surface area (Å²) >= 11 is 0. The minimum atomic E-state index is -0.984. The molecule has 0 aliphatic heterocycles. The molecule has 0 saturated heterocycles. The van der Waals surface area contributed by atoms with Crippen molar-refractivity contribution in [2.75, 3.05) is 6.61 Å². The maximum Gasteiger partial charge on any atom is 0.408 e. The monoisotopic (exact) mass is 359 g/mol. The fourth-order valence-electron chi connectivity index (χ4n) is 2.27. The summed E-state index contributed by atoms with van der Waals surface area (Å²) in [4.78, 5) is 24.1. The van der Waals surface area contributed by atoms with Crippen LogP contribution >= 0.6 is 0 Å². The van der Waals surface area contributed by atoms with Crippen molar-refractivity contribution in [1.29, 1.82) is 0 Å². The fourth-order valence-corrected chi connectivity index (χ4v) is 2.27. The second-order valence-corrected chi connectivity index (χ2v) is 5.54. The molecule has 0 radical (unpaired) electrons. The van der Waals surface area contributed by atoms with E-state index in [4.69, 9.17) is 9.47 Å². The van der Waals surface area contributed by atoms with E-state index >= 15 is 0 Å². The van der Waals surface area contributed by atoms with Crippen molar-refractivity contribution in [2.45, 2.75) is 26.0 Å². The van der Waals surface area contributed by atoms with E-state index in [0.717, 1.165) is 5.56 Å². The molecule has 0 bridgehead atoms. The Morgan fingerprint density at radius 1 is 1.00 bits per heavy atom. The van der Waals surface area contributed by atoms with Crippen LogP contribution in [0.2, 0.25) is 0 Å². The Labute approximate surface area is 151 Å². The summed E-state index contributed by atoms with van der Waals surface area (Å²) in [5.41, 5.74) is 1.36. The van der Waals surface area contributed by atoms with Gasteiger partial charge >= 0.3 is 12.1 Å². The molecule has 0 heterocycles. The van der Waals surface area contributed by atoms with Gasteiger partial charge in [0, 0.05) is 6.42 Å². The van der Waals surface area contributed by atoms with Crippen molar-refractivity contribution in [1.82, 2.24) is 5.32 Å². The van der Waals surface area contributed by atoms with Gasteiger partial charge in [-0.1, -0.05) is 36.4 Å². The van der Waals surface area contributed by atoms with Crippen LogP contribution in [0.4, 0.5) is 4.79 Å². The van der Waals surface area contributed by atoms with Crippen LogP contribution in [-0.4, -0.2) is 34.9 Å². The SMILES string of the molecule is CCOC(=O)[C@H](Cc1ccc(O)c(O)c1)NC(=O)OCc1ccccc1. The van der Waals surface area contributed by atoms with Gasteiger partial charge in [-0.05, 0) is 30.2 Å². The Morgan fingerprint density at radius 2 is 1.73 bits per heavy atom. The van der Waals surface area contributed by atoms with Gasteiger partial charge in [0.2, 0.25) is 0 Å². The Morgan fingerprint density at radius 3 is 2.38 bits per heavy atom. The van der Waals surface area contributed by atoms with Crippen LogP contribution in [0.3, 0.4) is 0 Å². The first-order valence-electron chi connectivity index (χ1n) is 8.14. The maximum absolute atomic E-state index is 12.1. The highest BCUT2D eigenvalue weighted by molar-refractivity contribution is 5.81. The van der Waals surface area contributed by atoms with E-state index in [1.807, 2.05) is 30.3 Å². The molecule has 1 atom stereocenters. The van der Waals surface area contributed by atoms with Gasteiger partial charge in [0.1, 0.15) is 12.6 Å². The van der Waals surface area contributed by atoms with Crippen LogP contribution < -0.4 is 5.32 Å². The minimum Gasteiger partial charge on any atom is -0.504 e. The number of aromatic hydroxyl groups is 2. The fraction of sp³-hybridized carbons (Fsp3) is 0.263. The molecular weight excluding hydrogens is 338 g/mol. The molecule has 138 valence electrons. The van der Waals surface area contributed by atoms with E-state index in [1.165, 1.54) is 18.2 Å². The summed E-state index contributed by atoms with van der Waals surface area (Å²) in [5, 5.41) is 21.4. The summed E-state index contributed by atoms with van der Waals surface area (Å²) in [6, 6.07) is 12.3. The van der Waals surface area contributed by atoms with Crippen LogP contribution in [0.5, 0.6) is 11.5 Å². The molecule has 2 rings (SSSR count). The first kappa shape index (κ1) is 19.1. The normalized spacial score (nSPS) is 11.4. The van der Waals surface area contributed by atoms with Crippen molar-refractivity contribution in [3.63, 3.8) is 0 Å². The Kier molecular flexibility index (Phi) is 6.84. The van der Waals surface area contributed by atoms with Crippen molar-refractivity contribution in [2.24, 2.45) is 0 Å². The zero-order valence-electron chi connectivity index (χ0n) is 14.3. The summed E-state index contributed by atoms with van der Waals surface area (Å²) in [5.74, 6) is -1.19. The zero-order chi connectivity index (χ0) is 18.9. The number of rotatable bonds is 7. The van der Waals surface area contributed by atoms with Gasteiger partial charge in [0.25, 0.3) is 0 Å². The summed E-state index contributed by atoms with van der Waals surface area (Å²) < 4.78 is 10.1. The molecule has 7 heteroatoms. The van der Waals surface area contributed by atoms with E-state index in [1.54, 1.807) is 6.92 Å². The molecule has 7 nitrogen and oxygen atoms in total. The quantitative estimate of drug-likeness (QED) is 0.518. The molecule has 0 aliphatic carbocycles. The summed E-state index contributed by atoms with van der Waals surface area (Å²) in [6.07, 6.45) is -0.678. The van der Waals surface area contributed by atoms with Crippen LogP contribution in [0.15, 0.2) is 48.5 Å². The third-order valence-electron chi connectivity index (χ3n) is 3.56. The number of phenolic OH excluding ortho intramolecular Hbond substituents is 2. The average molecular weight is 359 g/mol. The molecule has 3 N–H and O–H groups in total. The van der Waals surface area contributed by atoms with Crippen LogP contribution in [0.1, 0.15) is 18.1 Å². The van der Waals surface area contributed by atoms with Crippen molar-refractivity contribution in [3.8, 4) is 11.5 Å². The highest BCUT2D eigenvalue weighted by Crippen LogP contribution is 2.25. The minimum absolute atomic E-state index is 0.0716. The molecule has 2 aromatic carbocycles. The zero-order valence-corrected chi connectivity index (χ0v) is 14.3. The molecule has 0 spiro atoms. The van der Waals surface area contributed by atoms with Gasteiger partial charge in [-0.15, -0.1) is 0 Å².